The minimum atomic E-state index is 0. The summed E-state index contributed by atoms with van der Waals surface area (Å²) in [7, 11) is 0. The molecule has 0 bridgehead atoms. The smallest absolute Gasteiger partial charge is 0.868 e. The van der Waals surface area contributed by atoms with Gasteiger partial charge in [0.1, 0.15) is 10.6 Å². The summed E-state index contributed by atoms with van der Waals surface area (Å²) in [6.45, 7) is 0.665. The van der Waals surface area contributed by atoms with E-state index in [9.17, 15) is 5.11 Å². The molecule has 0 amide bonds. The number of aromatic nitrogens is 2. The van der Waals surface area contributed by atoms with Crippen LogP contribution in [0.4, 0.5) is 0 Å². The quantitative estimate of drug-likeness (QED) is 0.322. The number of pyridine rings is 1. The molecule has 138 valence electrons. The van der Waals surface area contributed by atoms with E-state index in [0.29, 0.717) is 18.2 Å². The summed E-state index contributed by atoms with van der Waals surface area (Å²) in [5.41, 5.74) is 1.96. The SMILES string of the molecule is C1=CC2OC[n+]3c(sc4ccccc43)C2C=C1.[Li+].[O-]c1cccc2ccc[nH+]c12. The van der Waals surface area contributed by atoms with Crippen LogP contribution in [0.1, 0.15) is 10.9 Å². The zero-order valence-electron chi connectivity index (χ0n) is 16.1. The number of para-hydroxylation sites is 2. The van der Waals surface area contributed by atoms with Crippen molar-refractivity contribution in [3.63, 3.8) is 0 Å². The molecule has 6 heteroatoms. The summed E-state index contributed by atoms with van der Waals surface area (Å²) >= 11 is 1.88. The Balaban J connectivity index is 0.000000149. The summed E-state index contributed by atoms with van der Waals surface area (Å²) in [5.74, 6) is 0.425. The average molecular weight is 394 g/mol. The molecular weight excluding hydrogens is 375 g/mol. The Morgan fingerprint density at radius 1 is 1.00 bits per heavy atom. The molecule has 2 aromatic heterocycles. The van der Waals surface area contributed by atoms with Crippen molar-refractivity contribution in [2.75, 3.05) is 0 Å². The van der Waals surface area contributed by atoms with Crippen LogP contribution >= 0.6 is 11.3 Å². The first-order chi connectivity index (χ1) is 13.8. The molecule has 6 rings (SSSR count). The van der Waals surface area contributed by atoms with Gasteiger partial charge in [0.25, 0.3) is 6.73 Å². The largest absolute Gasteiger partial charge is 1.00 e. The van der Waals surface area contributed by atoms with E-state index < -0.39 is 0 Å². The van der Waals surface area contributed by atoms with Gasteiger partial charge < -0.3 is 9.84 Å². The molecular formula is C23H19LiN2O2S+2. The number of allylic oxidation sites excluding steroid dienone is 2. The van der Waals surface area contributed by atoms with Crippen molar-refractivity contribution in [3.05, 3.63) is 90.1 Å². The van der Waals surface area contributed by atoms with Gasteiger partial charge in [-0.1, -0.05) is 59.9 Å². The summed E-state index contributed by atoms with van der Waals surface area (Å²) in [6, 6.07) is 17.6. The molecule has 1 N–H and O–H groups in total. The van der Waals surface area contributed by atoms with E-state index in [-0.39, 0.29) is 30.7 Å². The van der Waals surface area contributed by atoms with E-state index in [1.54, 1.807) is 18.3 Å². The van der Waals surface area contributed by atoms with Crippen molar-refractivity contribution in [1.82, 2.24) is 0 Å². The summed E-state index contributed by atoms with van der Waals surface area (Å²) < 4.78 is 9.54. The molecule has 0 radical (unpaired) electrons. The Hall–Kier alpha value is -2.42. The van der Waals surface area contributed by atoms with Gasteiger partial charge in [0.15, 0.2) is 6.20 Å². The van der Waals surface area contributed by atoms with E-state index in [2.05, 4.69) is 58.1 Å². The van der Waals surface area contributed by atoms with Gasteiger partial charge in [-0.05, 0) is 23.9 Å². The summed E-state index contributed by atoms with van der Waals surface area (Å²) in [4.78, 5) is 2.91. The molecule has 2 aliphatic rings. The molecule has 2 aromatic carbocycles. The third-order valence-corrected chi connectivity index (χ3v) is 6.33. The number of nitrogens with one attached hydrogen (secondary N) is 1. The molecule has 2 unspecified atom stereocenters. The Morgan fingerprint density at radius 2 is 1.83 bits per heavy atom. The van der Waals surface area contributed by atoms with Gasteiger partial charge in [0, 0.05) is 17.5 Å². The van der Waals surface area contributed by atoms with Crippen molar-refractivity contribution in [2.24, 2.45) is 0 Å². The molecule has 3 heterocycles. The molecule has 4 aromatic rings. The number of aromatic amines is 1. The summed E-state index contributed by atoms with van der Waals surface area (Å²) in [5, 5.41) is 13.5. The fourth-order valence-corrected chi connectivity index (χ4v) is 4.95. The molecule has 0 fully saturated rings. The number of hydrogen-bond donors (Lipinski definition) is 0. The third-order valence-electron chi connectivity index (χ3n) is 5.06. The fourth-order valence-electron chi connectivity index (χ4n) is 3.69. The predicted octanol–water partition coefficient (Wildman–Crippen LogP) is 0.486. The third kappa shape index (κ3) is 3.75. The van der Waals surface area contributed by atoms with E-state index in [0.717, 1.165) is 5.39 Å². The number of nitrogens with zero attached hydrogens (tertiary/aromatic N) is 1. The van der Waals surface area contributed by atoms with Crippen LogP contribution in [0.3, 0.4) is 0 Å². The first-order valence-corrected chi connectivity index (χ1v) is 10.1. The molecule has 1 aliphatic carbocycles. The summed E-state index contributed by atoms with van der Waals surface area (Å²) in [6.07, 6.45) is 10.6. The van der Waals surface area contributed by atoms with E-state index in [1.807, 2.05) is 29.5 Å². The average Bonchev–Trinajstić information content (AvgIpc) is 3.14. The van der Waals surface area contributed by atoms with Crippen LogP contribution in [-0.4, -0.2) is 6.10 Å². The molecule has 2 atom stereocenters. The van der Waals surface area contributed by atoms with Crippen LogP contribution in [0.5, 0.6) is 5.75 Å². The van der Waals surface area contributed by atoms with E-state index in [1.165, 1.54) is 15.2 Å². The van der Waals surface area contributed by atoms with Crippen LogP contribution in [0.15, 0.2) is 85.1 Å². The van der Waals surface area contributed by atoms with Crippen molar-refractivity contribution in [1.29, 1.82) is 0 Å². The molecule has 0 saturated carbocycles. The number of hydrogen-bond acceptors (Lipinski definition) is 3. The monoisotopic (exact) mass is 394 g/mol. The Bertz CT molecular complexity index is 1210. The molecule has 1 aliphatic heterocycles. The number of H-pyrrole nitrogens is 1. The second-order valence-corrected chi connectivity index (χ2v) is 7.84. The molecule has 29 heavy (non-hydrogen) atoms. The molecule has 0 spiro atoms. The minimum Gasteiger partial charge on any atom is -0.868 e. The number of rotatable bonds is 0. The van der Waals surface area contributed by atoms with Crippen LogP contribution in [0.25, 0.3) is 21.1 Å². The van der Waals surface area contributed by atoms with Crippen LogP contribution in [0, 0.1) is 0 Å². The van der Waals surface area contributed by atoms with Gasteiger partial charge in [-0.3, -0.25) is 0 Å². The van der Waals surface area contributed by atoms with Gasteiger partial charge in [-0.15, -0.1) is 0 Å². The van der Waals surface area contributed by atoms with Crippen molar-refractivity contribution in [3.8, 4) is 5.75 Å². The zero-order valence-corrected chi connectivity index (χ0v) is 16.9. The second-order valence-electron chi connectivity index (χ2n) is 6.78. The van der Waals surface area contributed by atoms with Crippen LogP contribution < -0.4 is 33.5 Å². The normalized spacial score (nSPS) is 19.0. The fraction of sp³-hybridized carbons (Fsp3) is 0.130. The maximum absolute atomic E-state index is 11.1. The Morgan fingerprint density at radius 3 is 2.72 bits per heavy atom. The van der Waals surface area contributed by atoms with E-state index >= 15 is 0 Å². The first kappa shape index (κ1) is 19.9. The minimum absolute atomic E-state index is 0. The number of ether oxygens (including phenoxy) is 1. The van der Waals surface area contributed by atoms with Crippen molar-refractivity contribution in [2.45, 2.75) is 18.8 Å². The maximum Gasteiger partial charge on any atom is 1.00 e. The number of thiazole rings is 1. The van der Waals surface area contributed by atoms with Gasteiger partial charge in [0.2, 0.25) is 16.0 Å². The predicted molar refractivity (Wildman–Crippen MR) is 108 cm³/mol. The van der Waals surface area contributed by atoms with E-state index in [4.69, 9.17) is 4.74 Å². The standard InChI is InChI=1S/C14H12NOS.C9H7NO.Li/c1-3-7-12-10(5-1)14-15(9-16-12)11-6-2-4-8-13(11)17-14;11-8-5-1-3-7-4-2-6-10-9(7)8;/h1-8,10,12H,9H2;1-6,11H;/q+1;;+1. The molecule has 0 saturated heterocycles. The second kappa shape index (κ2) is 8.52. The van der Waals surface area contributed by atoms with Gasteiger partial charge in [0.05, 0.1) is 6.10 Å². The van der Waals surface area contributed by atoms with Crippen LogP contribution in [0.2, 0.25) is 0 Å². The Kier molecular flexibility index (Phi) is 5.84. The van der Waals surface area contributed by atoms with Gasteiger partial charge >= 0.3 is 18.9 Å². The number of fused-ring (bicyclic) bond motifs is 6. The van der Waals surface area contributed by atoms with Crippen LogP contribution in [-0.2, 0) is 11.5 Å². The number of benzene rings is 2. The topological polar surface area (TPSA) is 50.3 Å². The Labute approximate surface area is 185 Å². The first-order valence-electron chi connectivity index (χ1n) is 9.25. The van der Waals surface area contributed by atoms with Crippen molar-refractivity contribution >= 4 is 32.5 Å². The van der Waals surface area contributed by atoms with Gasteiger partial charge in [-0.25, -0.2) is 4.98 Å². The molecule has 4 nitrogen and oxygen atoms in total. The zero-order chi connectivity index (χ0) is 18.9. The maximum atomic E-state index is 11.1. The van der Waals surface area contributed by atoms with Crippen molar-refractivity contribution < 1.29 is 38.3 Å². The van der Waals surface area contributed by atoms with Gasteiger partial charge in [-0.2, -0.15) is 4.57 Å².